The normalized spacial score (nSPS) is 11.6. The molecule has 0 fully saturated rings. The SMILES string of the molecule is COc1ccc(C(C)(C)C)cc1NC(=O)c1nc2nc(C)cc(C)n2n1. The summed E-state index contributed by atoms with van der Waals surface area (Å²) in [5, 5.41) is 7.12. The Balaban J connectivity index is 1.96. The van der Waals surface area contributed by atoms with Crippen molar-refractivity contribution in [2.24, 2.45) is 0 Å². The Hall–Kier alpha value is -2.96. The summed E-state index contributed by atoms with van der Waals surface area (Å²) in [6.45, 7) is 10.1. The highest BCUT2D eigenvalue weighted by Gasteiger charge is 2.20. The van der Waals surface area contributed by atoms with E-state index in [9.17, 15) is 4.79 Å². The molecule has 3 rings (SSSR count). The monoisotopic (exact) mass is 353 g/mol. The molecule has 136 valence electrons. The first-order valence-corrected chi connectivity index (χ1v) is 8.40. The van der Waals surface area contributed by atoms with Crippen molar-refractivity contribution in [3.05, 3.63) is 47.0 Å². The molecule has 7 heteroatoms. The van der Waals surface area contributed by atoms with E-state index in [1.807, 2.05) is 38.1 Å². The summed E-state index contributed by atoms with van der Waals surface area (Å²) in [7, 11) is 1.57. The molecule has 0 saturated heterocycles. The summed E-state index contributed by atoms with van der Waals surface area (Å²) in [5.41, 5.74) is 3.32. The van der Waals surface area contributed by atoms with E-state index in [4.69, 9.17) is 4.74 Å². The first-order valence-electron chi connectivity index (χ1n) is 8.40. The molecule has 0 spiro atoms. The predicted molar refractivity (Wildman–Crippen MR) is 99.9 cm³/mol. The first-order chi connectivity index (χ1) is 12.2. The molecule has 2 aromatic heterocycles. The van der Waals surface area contributed by atoms with Gasteiger partial charge in [0.2, 0.25) is 5.82 Å². The van der Waals surface area contributed by atoms with E-state index in [1.54, 1.807) is 11.6 Å². The molecule has 0 atom stereocenters. The van der Waals surface area contributed by atoms with Gasteiger partial charge in [0.25, 0.3) is 11.7 Å². The average Bonchev–Trinajstić information content (AvgIpc) is 2.98. The molecule has 0 aliphatic carbocycles. The van der Waals surface area contributed by atoms with Gasteiger partial charge < -0.3 is 10.1 Å². The number of hydrogen-bond donors (Lipinski definition) is 1. The molecular formula is C19H23N5O2. The van der Waals surface area contributed by atoms with Crippen molar-refractivity contribution in [1.29, 1.82) is 0 Å². The number of fused-ring (bicyclic) bond motifs is 1. The third-order valence-corrected chi connectivity index (χ3v) is 4.14. The van der Waals surface area contributed by atoms with Crippen LogP contribution in [0, 0.1) is 13.8 Å². The lowest BCUT2D eigenvalue weighted by atomic mass is 9.87. The largest absolute Gasteiger partial charge is 0.495 e. The number of rotatable bonds is 3. The van der Waals surface area contributed by atoms with Crippen LogP contribution in [0.25, 0.3) is 5.78 Å². The molecule has 0 saturated carbocycles. The molecular weight excluding hydrogens is 330 g/mol. The maximum atomic E-state index is 12.7. The van der Waals surface area contributed by atoms with Crippen LogP contribution in [-0.4, -0.2) is 32.6 Å². The molecule has 3 aromatic rings. The van der Waals surface area contributed by atoms with Gasteiger partial charge in [-0.2, -0.15) is 4.98 Å². The van der Waals surface area contributed by atoms with Crippen LogP contribution in [-0.2, 0) is 5.41 Å². The number of nitrogens with zero attached hydrogens (tertiary/aromatic N) is 4. The Labute approximate surface area is 152 Å². The Morgan fingerprint density at radius 1 is 1.15 bits per heavy atom. The smallest absolute Gasteiger partial charge is 0.295 e. The number of amides is 1. The van der Waals surface area contributed by atoms with Crippen molar-refractivity contribution in [3.63, 3.8) is 0 Å². The second-order valence-electron chi connectivity index (χ2n) is 7.31. The minimum absolute atomic E-state index is 0.0500. The van der Waals surface area contributed by atoms with Gasteiger partial charge >= 0.3 is 0 Å². The highest BCUT2D eigenvalue weighted by molar-refractivity contribution is 6.02. The molecule has 2 heterocycles. The highest BCUT2D eigenvalue weighted by Crippen LogP contribution is 2.31. The molecule has 0 aliphatic rings. The van der Waals surface area contributed by atoms with Gasteiger partial charge in [-0.25, -0.2) is 9.50 Å². The summed E-state index contributed by atoms with van der Waals surface area (Å²) < 4.78 is 6.93. The molecule has 1 N–H and O–H groups in total. The van der Waals surface area contributed by atoms with Gasteiger partial charge in [-0.05, 0) is 43.0 Å². The van der Waals surface area contributed by atoms with Gasteiger partial charge in [0, 0.05) is 11.4 Å². The number of methoxy groups -OCH3 is 1. The maximum absolute atomic E-state index is 12.7. The molecule has 0 bridgehead atoms. The van der Waals surface area contributed by atoms with Crippen LogP contribution in [0.3, 0.4) is 0 Å². The summed E-state index contributed by atoms with van der Waals surface area (Å²) in [6, 6.07) is 7.65. The van der Waals surface area contributed by atoms with Crippen LogP contribution in [0.1, 0.15) is 48.3 Å². The average molecular weight is 353 g/mol. The third kappa shape index (κ3) is 3.37. The van der Waals surface area contributed by atoms with Crippen molar-refractivity contribution in [2.75, 3.05) is 12.4 Å². The molecule has 0 aliphatic heterocycles. The van der Waals surface area contributed by atoms with E-state index in [1.165, 1.54) is 0 Å². The van der Waals surface area contributed by atoms with E-state index in [2.05, 4.69) is 41.2 Å². The highest BCUT2D eigenvalue weighted by atomic mass is 16.5. The van der Waals surface area contributed by atoms with Gasteiger partial charge in [-0.3, -0.25) is 4.79 Å². The van der Waals surface area contributed by atoms with Gasteiger partial charge in [0.15, 0.2) is 0 Å². The van der Waals surface area contributed by atoms with E-state index < -0.39 is 5.91 Å². The van der Waals surface area contributed by atoms with Crippen LogP contribution < -0.4 is 10.1 Å². The second kappa shape index (κ2) is 6.40. The fourth-order valence-corrected chi connectivity index (χ4v) is 2.71. The van der Waals surface area contributed by atoms with Crippen molar-refractivity contribution in [3.8, 4) is 5.75 Å². The minimum atomic E-state index is -0.406. The Morgan fingerprint density at radius 3 is 2.54 bits per heavy atom. The molecule has 0 radical (unpaired) electrons. The zero-order valence-electron chi connectivity index (χ0n) is 15.9. The molecule has 1 aromatic carbocycles. The Morgan fingerprint density at radius 2 is 1.88 bits per heavy atom. The van der Waals surface area contributed by atoms with Gasteiger partial charge in [-0.1, -0.05) is 26.8 Å². The predicted octanol–water partition coefficient (Wildman–Crippen LogP) is 3.30. The van der Waals surface area contributed by atoms with Gasteiger partial charge in [0.1, 0.15) is 5.75 Å². The van der Waals surface area contributed by atoms with Crippen molar-refractivity contribution < 1.29 is 9.53 Å². The van der Waals surface area contributed by atoms with Crippen LogP contribution in [0.4, 0.5) is 5.69 Å². The first kappa shape index (κ1) is 17.8. The van der Waals surface area contributed by atoms with Crippen molar-refractivity contribution in [1.82, 2.24) is 19.6 Å². The standard InChI is InChI=1S/C19H23N5O2/c1-11-9-12(2)24-18(20-11)22-16(23-24)17(25)21-14-10-13(19(3,4)5)7-8-15(14)26-6/h7-10H,1-6H3,(H,21,25). The van der Waals surface area contributed by atoms with E-state index in [-0.39, 0.29) is 11.2 Å². The lowest BCUT2D eigenvalue weighted by Gasteiger charge is -2.21. The van der Waals surface area contributed by atoms with Crippen LogP contribution in [0.15, 0.2) is 24.3 Å². The summed E-state index contributed by atoms with van der Waals surface area (Å²) in [4.78, 5) is 21.2. The number of carbonyl (C=O) groups is 1. The second-order valence-corrected chi connectivity index (χ2v) is 7.31. The van der Waals surface area contributed by atoms with Gasteiger partial charge in [-0.15, -0.1) is 5.10 Å². The zero-order chi connectivity index (χ0) is 19.1. The number of ether oxygens (including phenoxy) is 1. The fourth-order valence-electron chi connectivity index (χ4n) is 2.71. The van der Waals surface area contributed by atoms with Crippen molar-refractivity contribution in [2.45, 2.75) is 40.0 Å². The number of hydrogen-bond acceptors (Lipinski definition) is 5. The number of aryl methyl sites for hydroxylation is 2. The molecule has 7 nitrogen and oxygen atoms in total. The summed E-state index contributed by atoms with van der Waals surface area (Å²) in [6.07, 6.45) is 0. The number of carbonyl (C=O) groups excluding carboxylic acids is 1. The number of benzene rings is 1. The fraction of sp³-hybridized carbons (Fsp3) is 0.368. The minimum Gasteiger partial charge on any atom is -0.495 e. The summed E-state index contributed by atoms with van der Waals surface area (Å²) in [5.74, 6) is 0.648. The lowest BCUT2D eigenvalue weighted by Crippen LogP contribution is -2.16. The van der Waals surface area contributed by atoms with E-state index in [0.29, 0.717) is 17.2 Å². The van der Waals surface area contributed by atoms with E-state index >= 15 is 0 Å². The zero-order valence-corrected chi connectivity index (χ0v) is 15.9. The van der Waals surface area contributed by atoms with E-state index in [0.717, 1.165) is 17.0 Å². The number of anilines is 1. The number of aromatic nitrogens is 4. The lowest BCUT2D eigenvalue weighted by molar-refractivity contribution is 0.101. The molecule has 0 unspecified atom stereocenters. The third-order valence-electron chi connectivity index (χ3n) is 4.14. The van der Waals surface area contributed by atoms with Crippen LogP contribution in [0.5, 0.6) is 5.75 Å². The Bertz CT molecular complexity index is 985. The summed E-state index contributed by atoms with van der Waals surface area (Å²) >= 11 is 0. The van der Waals surface area contributed by atoms with Crippen molar-refractivity contribution >= 4 is 17.4 Å². The number of nitrogens with one attached hydrogen (secondary N) is 1. The van der Waals surface area contributed by atoms with Crippen LogP contribution in [0.2, 0.25) is 0 Å². The molecule has 26 heavy (non-hydrogen) atoms. The van der Waals surface area contributed by atoms with Gasteiger partial charge in [0.05, 0.1) is 12.8 Å². The quantitative estimate of drug-likeness (QED) is 0.781. The topological polar surface area (TPSA) is 81.4 Å². The molecule has 1 amide bonds. The Kier molecular flexibility index (Phi) is 4.39. The van der Waals surface area contributed by atoms with Crippen LogP contribution >= 0.6 is 0 Å². The maximum Gasteiger partial charge on any atom is 0.295 e.